The van der Waals surface area contributed by atoms with E-state index in [0.29, 0.717) is 18.6 Å². The standard InChI is InChI=1S/C13H20O3/c1-5-16-12(15)10-7-6-9(8-11(10)14)13(2,3)4/h6-7,9,14H,5,8H2,1-4H3. The Morgan fingerprint density at radius 2 is 2.19 bits per heavy atom. The van der Waals surface area contributed by atoms with Crippen molar-refractivity contribution in [1.29, 1.82) is 0 Å². The molecule has 0 radical (unpaired) electrons. The Morgan fingerprint density at radius 1 is 1.56 bits per heavy atom. The predicted octanol–water partition coefficient (Wildman–Crippen LogP) is 2.98. The van der Waals surface area contributed by atoms with Gasteiger partial charge in [-0.3, -0.25) is 0 Å². The van der Waals surface area contributed by atoms with Crippen LogP contribution in [-0.2, 0) is 9.53 Å². The zero-order valence-corrected chi connectivity index (χ0v) is 10.4. The van der Waals surface area contributed by atoms with Gasteiger partial charge in [-0.2, -0.15) is 0 Å². The number of allylic oxidation sites excluding steroid dienone is 2. The summed E-state index contributed by atoms with van der Waals surface area (Å²) in [5, 5.41) is 9.83. The van der Waals surface area contributed by atoms with E-state index in [1.54, 1.807) is 13.0 Å². The van der Waals surface area contributed by atoms with Crippen LogP contribution in [0, 0.1) is 11.3 Å². The number of carbonyl (C=O) groups is 1. The molecule has 1 aliphatic carbocycles. The molecule has 0 aromatic heterocycles. The van der Waals surface area contributed by atoms with E-state index in [2.05, 4.69) is 20.8 Å². The fourth-order valence-corrected chi connectivity index (χ4v) is 1.68. The highest BCUT2D eigenvalue weighted by molar-refractivity contribution is 5.92. The summed E-state index contributed by atoms with van der Waals surface area (Å²) in [4.78, 5) is 11.5. The highest BCUT2D eigenvalue weighted by atomic mass is 16.5. The molecule has 0 bridgehead atoms. The second-order valence-corrected chi connectivity index (χ2v) is 5.12. The molecule has 0 aromatic rings. The summed E-state index contributed by atoms with van der Waals surface area (Å²) in [5.41, 5.74) is 0.382. The summed E-state index contributed by atoms with van der Waals surface area (Å²) in [6, 6.07) is 0. The van der Waals surface area contributed by atoms with Gasteiger partial charge in [0.1, 0.15) is 5.76 Å². The van der Waals surface area contributed by atoms with E-state index in [-0.39, 0.29) is 17.1 Å². The van der Waals surface area contributed by atoms with Crippen LogP contribution in [0.5, 0.6) is 0 Å². The lowest BCUT2D eigenvalue weighted by Crippen LogP contribution is -2.23. The number of rotatable bonds is 2. The van der Waals surface area contributed by atoms with E-state index in [9.17, 15) is 9.90 Å². The van der Waals surface area contributed by atoms with Crippen molar-refractivity contribution in [3.8, 4) is 0 Å². The first-order chi connectivity index (χ1) is 7.36. The highest BCUT2D eigenvalue weighted by Gasteiger charge is 2.28. The molecule has 90 valence electrons. The molecule has 1 unspecified atom stereocenters. The molecular weight excluding hydrogens is 204 g/mol. The van der Waals surface area contributed by atoms with Gasteiger partial charge in [-0.05, 0) is 24.3 Å². The molecule has 1 atom stereocenters. The molecule has 3 nitrogen and oxygen atoms in total. The van der Waals surface area contributed by atoms with Crippen LogP contribution in [0.2, 0.25) is 0 Å². The lowest BCUT2D eigenvalue weighted by atomic mass is 9.76. The minimum absolute atomic E-state index is 0.0880. The van der Waals surface area contributed by atoms with Gasteiger partial charge < -0.3 is 9.84 Å². The van der Waals surface area contributed by atoms with Crippen molar-refractivity contribution >= 4 is 5.97 Å². The van der Waals surface area contributed by atoms with Crippen molar-refractivity contribution in [2.24, 2.45) is 11.3 Å². The van der Waals surface area contributed by atoms with Gasteiger partial charge in [0.15, 0.2) is 0 Å². The Bertz CT molecular complexity index is 332. The minimum Gasteiger partial charge on any atom is -0.511 e. The second-order valence-electron chi connectivity index (χ2n) is 5.12. The Balaban J connectivity index is 2.80. The lowest BCUT2D eigenvalue weighted by Gasteiger charge is -2.30. The van der Waals surface area contributed by atoms with Gasteiger partial charge in [0, 0.05) is 6.42 Å². The van der Waals surface area contributed by atoms with Gasteiger partial charge in [0.05, 0.1) is 12.2 Å². The molecular formula is C13H20O3. The molecule has 1 N–H and O–H groups in total. The van der Waals surface area contributed by atoms with Crippen LogP contribution in [0.25, 0.3) is 0 Å². The van der Waals surface area contributed by atoms with Crippen LogP contribution in [0.4, 0.5) is 0 Å². The Kier molecular flexibility index (Phi) is 3.79. The number of hydrogen-bond acceptors (Lipinski definition) is 3. The molecule has 0 spiro atoms. The number of aliphatic hydroxyl groups excluding tert-OH is 1. The van der Waals surface area contributed by atoms with Crippen molar-refractivity contribution in [3.05, 3.63) is 23.5 Å². The summed E-state index contributed by atoms with van der Waals surface area (Å²) in [7, 11) is 0. The monoisotopic (exact) mass is 224 g/mol. The van der Waals surface area contributed by atoms with E-state index < -0.39 is 5.97 Å². The van der Waals surface area contributed by atoms with Gasteiger partial charge in [-0.1, -0.05) is 26.8 Å². The summed E-state index contributed by atoms with van der Waals surface area (Å²) in [6.07, 6.45) is 4.16. The number of aliphatic hydroxyl groups is 1. The molecule has 0 saturated carbocycles. The first kappa shape index (κ1) is 12.8. The fourth-order valence-electron chi connectivity index (χ4n) is 1.68. The third kappa shape index (κ3) is 2.87. The van der Waals surface area contributed by atoms with Crippen molar-refractivity contribution in [1.82, 2.24) is 0 Å². The van der Waals surface area contributed by atoms with E-state index in [4.69, 9.17) is 4.74 Å². The Morgan fingerprint density at radius 3 is 2.62 bits per heavy atom. The summed E-state index contributed by atoms with van der Waals surface area (Å²) in [6.45, 7) is 8.42. The molecule has 0 fully saturated rings. The quantitative estimate of drug-likeness (QED) is 0.733. The fraction of sp³-hybridized carbons (Fsp3) is 0.615. The Labute approximate surface area is 96.8 Å². The number of esters is 1. The minimum atomic E-state index is -0.441. The van der Waals surface area contributed by atoms with Crippen LogP contribution in [0.1, 0.15) is 34.1 Å². The van der Waals surface area contributed by atoms with Crippen molar-refractivity contribution in [2.45, 2.75) is 34.1 Å². The average Bonchev–Trinajstić information content (AvgIpc) is 2.16. The zero-order valence-electron chi connectivity index (χ0n) is 10.4. The lowest BCUT2D eigenvalue weighted by molar-refractivity contribution is -0.138. The number of carbonyl (C=O) groups excluding carboxylic acids is 1. The third-order valence-electron chi connectivity index (χ3n) is 2.83. The molecule has 1 rings (SSSR count). The van der Waals surface area contributed by atoms with Gasteiger partial charge in [0.25, 0.3) is 0 Å². The molecule has 3 heteroatoms. The van der Waals surface area contributed by atoms with E-state index in [0.717, 1.165) is 0 Å². The first-order valence-corrected chi connectivity index (χ1v) is 5.63. The molecule has 0 aromatic carbocycles. The van der Waals surface area contributed by atoms with Gasteiger partial charge in [-0.25, -0.2) is 4.79 Å². The summed E-state index contributed by atoms with van der Waals surface area (Å²) >= 11 is 0. The zero-order chi connectivity index (χ0) is 12.3. The van der Waals surface area contributed by atoms with E-state index >= 15 is 0 Å². The largest absolute Gasteiger partial charge is 0.511 e. The molecule has 16 heavy (non-hydrogen) atoms. The number of hydrogen-bond donors (Lipinski definition) is 1. The second kappa shape index (κ2) is 4.73. The number of ether oxygens (including phenoxy) is 1. The van der Waals surface area contributed by atoms with Gasteiger partial charge >= 0.3 is 5.97 Å². The van der Waals surface area contributed by atoms with Gasteiger partial charge in [-0.15, -0.1) is 0 Å². The summed E-state index contributed by atoms with van der Waals surface area (Å²) < 4.78 is 4.86. The maximum atomic E-state index is 11.5. The molecule has 1 aliphatic rings. The van der Waals surface area contributed by atoms with E-state index in [1.807, 2.05) is 6.08 Å². The maximum absolute atomic E-state index is 11.5. The average molecular weight is 224 g/mol. The van der Waals surface area contributed by atoms with Crippen molar-refractivity contribution in [3.63, 3.8) is 0 Å². The van der Waals surface area contributed by atoms with Crippen LogP contribution in [0.15, 0.2) is 23.5 Å². The van der Waals surface area contributed by atoms with Crippen LogP contribution in [0.3, 0.4) is 0 Å². The molecule has 0 heterocycles. The summed E-state index contributed by atoms with van der Waals surface area (Å²) in [5.74, 6) is -0.0461. The van der Waals surface area contributed by atoms with Crippen LogP contribution >= 0.6 is 0 Å². The topological polar surface area (TPSA) is 46.5 Å². The normalized spacial score (nSPS) is 21.1. The Hall–Kier alpha value is -1.25. The van der Waals surface area contributed by atoms with Crippen molar-refractivity contribution < 1.29 is 14.6 Å². The molecule has 0 amide bonds. The van der Waals surface area contributed by atoms with Crippen molar-refractivity contribution in [2.75, 3.05) is 6.61 Å². The SMILES string of the molecule is CCOC(=O)C1=C(O)CC(C(C)(C)C)C=C1. The third-order valence-corrected chi connectivity index (χ3v) is 2.83. The van der Waals surface area contributed by atoms with Crippen LogP contribution in [-0.4, -0.2) is 17.7 Å². The highest BCUT2D eigenvalue weighted by Crippen LogP contribution is 2.35. The van der Waals surface area contributed by atoms with Crippen LogP contribution < -0.4 is 0 Å². The maximum Gasteiger partial charge on any atom is 0.341 e. The molecule has 0 aliphatic heterocycles. The van der Waals surface area contributed by atoms with E-state index in [1.165, 1.54) is 0 Å². The smallest absolute Gasteiger partial charge is 0.341 e. The first-order valence-electron chi connectivity index (χ1n) is 5.63. The molecule has 0 saturated heterocycles. The predicted molar refractivity (Wildman–Crippen MR) is 63.0 cm³/mol. The van der Waals surface area contributed by atoms with Gasteiger partial charge in [0.2, 0.25) is 0 Å².